The van der Waals surface area contributed by atoms with Crippen LogP contribution in [0.3, 0.4) is 0 Å². The molecule has 0 spiro atoms. The summed E-state index contributed by atoms with van der Waals surface area (Å²) >= 11 is 0. The van der Waals surface area contributed by atoms with E-state index in [0.717, 1.165) is 16.7 Å². The number of rotatable bonds is 4. The monoisotopic (exact) mass is 438 g/mol. The van der Waals surface area contributed by atoms with Crippen LogP contribution >= 0.6 is 17.3 Å². The van der Waals surface area contributed by atoms with Crippen molar-refractivity contribution in [3.05, 3.63) is 108 Å². The molecule has 0 bridgehead atoms. The van der Waals surface area contributed by atoms with Gasteiger partial charge in [0, 0.05) is 0 Å². The van der Waals surface area contributed by atoms with E-state index in [4.69, 9.17) is 4.52 Å². The van der Waals surface area contributed by atoms with E-state index in [0.29, 0.717) is 0 Å². The minimum absolute atomic E-state index is 0.567. The predicted molar refractivity (Wildman–Crippen MR) is 105 cm³/mol. The van der Waals surface area contributed by atoms with Crippen molar-refractivity contribution in [1.82, 2.24) is 0 Å². The third-order valence-electron chi connectivity index (χ3n) is 3.76. The van der Waals surface area contributed by atoms with Gasteiger partial charge in [-0.2, -0.15) is 0 Å². The van der Waals surface area contributed by atoms with E-state index in [-0.39, 0.29) is 0 Å². The fourth-order valence-electron chi connectivity index (χ4n) is 2.77. The maximum absolute atomic E-state index is 10.7. The van der Waals surface area contributed by atoms with Crippen molar-refractivity contribution < 1.29 is 29.7 Å². The number of halogens is 6. The molecule has 0 fully saturated rings. The van der Waals surface area contributed by atoms with Crippen molar-refractivity contribution in [2.45, 2.75) is 5.60 Å². The summed E-state index contributed by atoms with van der Waals surface area (Å²) < 4.78 is 65.3. The Balaban J connectivity index is 0.000000345. The zero-order valence-electron chi connectivity index (χ0n) is 14.5. The second kappa shape index (κ2) is 7.47. The van der Waals surface area contributed by atoms with E-state index in [1.807, 2.05) is 18.2 Å². The van der Waals surface area contributed by atoms with Crippen LogP contribution < -0.4 is 0 Å². The van der Waals surface area contributed by atoms with Gasteiger partial charge in [0.05, 0.1) is 0 Å². The van der Waals surface area contributed by atoms with E-state index in [1.165, 1.54) is 0 Å². The molecule has 152 valence electrons. The van der Waals surface area contributed by atoms with Crippen LogP contribution in [-0.2, 0) is 10.1 Å². The topological polar surface area (TPSA) is 9.23 Å². The SMILES string of the molecule is F[P-](F)(F)(F)(F)F.[PH3+]OC(c1ccccc1)(c1ccccc1)c1ccccc1. The van der Waals surface area contributed by atoms with Crippen molar-refractivity contribution >= 4 is 17.3 Å². The molecular formula is C19H18F6OP2. The average molecular weight is 438 g/mol. The molecule has 0 saturated heterocycles. The zero-order chi connectivity index (χ0) is 21.0. The molecule has 1 unspecified atom stereocenters. The van der Waals surface area contributed by atoms with Crippen LogP contribution in [0, 0.1) is 0 Å². The van der Waals surface area contributed by atoms with Gasteiger partial charge in [0.1, 0.15) is 9.47 Å². The first-order valence-electron chi connectivity index (χ1n) is 7.99. The minimum atomic E-state index is -10.7. The van der Waals surface area contributed by atoms with Gasteiger partial charge >= 0.3 is 33.0 Å². The molecular weight excluding hydrogens is 420 g/mol. The molecule has 3 aromatic rings. The summed E-state index contributed by atoms with van der Waals surface area (Å²) in [5.41, 5.74) is 2.84. The first-order valence-corrected chi connectivity index (χ1v) is 10.6. The van der Waals surface area contributed by atoms with Crippen molar-refractivity contribution in [2.24, 2.45) is 0 Å². The van der Waals surface area contributed by atoms with E-state index in [1.54, 1.807) is 9.47 Å². The van der Waals surface area contributed by atoms with Crippen LogP contribution in [0.15, 0.2) is 91.0 Å². The standard InChI is InChI=1S/C19H18OP.F6P/c21-20-19(16-10-4-1-5-11-16,17-12-6-2-7-13-17)18-14-8-3-9-15-18;1-7(2,3,4,5)6/h1-15H,21H3;/q+1;-1. The molecule has 3 aromatic carbocycles. The molecule has 0 aliphatic heterocycles. The number of benzene rings is 3. The molecule has 0 amide bonds. The van der Waals surface area contributed by atoms with Crippen LogP contribution in [-0.4, -0.2) is 0 Å². The van der Waals surface area contributed by atoms with E-state index >= 15 is 0 Å². The van der Waals surface area contributed by atoms with E-state index < -0.39 is 13.4 Å². The zero-order valence-corrected chi connectivity index (χ0v) is 16.8. The first-order chi connectivity index (χ1) is 12.8. The summed E-state index contributed by atoms with van der Waals surface area (Å²) in [7, 11) is -9.11. The fraction of sp³-hybridized carbons (Fsp3) is 0.0526. The van der Waals surface area contributed by atoms with Crippen LogP contribution in [0.25, 0.3) is 0 Å². The molecule has 3 rings (SSSR count). The van der Waals surface area contributed by atoms with Gasteiger partial charge in [-0.25, -0.2) is 4.52 Å². The van der Waals surface area contributed by atoms with Gasteiger partial charge in [-0.1, -0.05) is 91.0 Å². The van der Waals surface area contributed by atoms with Gasteiger partial charge in [0.2, 0.25) is 0 Å². The summed E-state index contributed by atoms with van der Waals surface area (Å²) in [4.78, 5) is 0. The molecule has 0 N–H and O–H groups in total. The molecule has 0 radical (unpaired) electrons. The van der Waals surface area contributed by atoms with Crippen LogP contribution in [0.1, 0.15) is 16.7 Å². The largest absolute Gasteiger partial charge is 0.225 e. The molecule has 0 aliphatic rings. The van der Waals surface area contributed by atoms with Gasteiger partial charge in [-0.3, -0.25) is 0 Å². The summed E-state index contributed by atoms with van der Waals surface area (Å²) in [6, 6.07) is 31.1. The quantitative estimate of drug-likeness (QED) is 0.229. The van der Waals surface area contributed by atoms with Crippen LogP contribution in [0.5, 0.6) is 0 Å². The van der Waals surface area contributed by atoms with Crippen molar-refractivity contribution in [3.8, 4) is 0 Å². The molecule has 0 heterocycles. The molecule has 9 heteroatoms. The fourth-order valence-corrected chi connectivity index (χ4v) is 3.27. The maximum Gasteiger partial charge on any atom is 0.186 e. The Labute approximate surface area is 160 Å². The van der Waals surface area contributed by atoms with Crippen molar-refractivity contribution in [2.75, 3.05) is 0 Å². The second-order valence-electron chi connectivity index (χ2n) is 5.88. The van der Waals surface area contributed by atoms with Crippen LogP contribution in [0.4, 0.5) is 25.2 Å². The minimum Gasteiger partial charge on any atom is -0.225 e. The Morgan fingerprint density at radius 2 is 0.750 bits per heavy atom. The summed E-state index contributed by atoms with van der Waals surface area (Å²) in [5, 5.41) is 0. The Morgan fingerprint density at radius 3 is 0.929 bits per heavy atom. The van der Waals surface area contributed by atoms with Gasteiger partial charge in [0.25, 0.3) is 0 Å². The smallest absolute Gasteiger partial charge is 0.186 e. The second-order valence-corrected chi connectivity index (χ2v) is 8.09. The number of hydrogen-bond acceptors (Lipinski definition) is 1. The molecule has 0 aliphatic carbocycles. The van der Waals surface area contributed by atoms with E-state index in [2.05, 4.69) is 72.8 Å². The van der Waals surface area contributed by atoms with E-state index in [9.17, 15) is 25.2 Å². The first kappa shape index (κ1) is 22.4. The third kappa shape index (κ3) is 6.90. The molecule has 0 saturated carbocycles. The van der Waals surface area contributed by atoms with Crippen molar-refractivity contribution in [1.29, 1.82) is 0 Å². The molecule has 0 aromatic heterocycles. The Kier molecular flexibility index (Phi) is 5.96. The van der Waals surface area contributed by atoms with Gasteiger partial charge < -0.3 is 0 Å². The normalized spacial score (nSPS) is 14.4. The van der Waals surface area contributed by atoms with Crippen LogP contribution in [0.2, 0.25) is 0 Å². The van der Waals surface area contributed by atoms with Gasteiger partial charge in [0.15, 0.2) is 5.60 Å². The summed E-state index contributed by atoms with van der Waals surface area (Å²) in [6.07, 6.45) is 0. The Bertz CT molecular complexity index is 778. The summed E-state index contributed by atoms with van der Waals surface area (Å²) in [6.45, 7) is 0. The van der Waals surface area contributed by atoms with Gasteiger partial charge in [-0.15, -0.1) is 0 Å². The number of hydrogen-bond donors (Lipinski definition) is 0. The maximum atomic E-state index is 9.87. The van der Waals surface area contributed by atoms with Gasteiger partial charge in [-0.05, 0) is 16.7 Å². The predicted octanol–water partition coefficient (Wildman–Crippen LogP) is 7.90. The van der Waals surface area contributed by atoms with Crippen molar-refractivity contribution in [3.63, 3.8) is 0 Å². The third-order valence-corrected chi connectivity index (χ3v) is 4.19. The summed E-state index contributed by atoms with van der Waals surface area (Å²) in [5.74, 6) is 0. The Morgan fingerprint density at radius 1 is 0.536 bits per heavy atom. The molecule has 1 nitrogen and oxygen atoms in total. The Hall–Kier alpha value is -1.94. The molecule has 28 heavy (non-hydrogen) atoms. The molecule has 1 atom stereocenters. The average Bonchev–Trinajstić information content (AvgIpc) is 2.63.